The van der Waals surface area contributed by atoms with Gasteiger partial charge < -0.3 is 10.1 Å². The molecule has 25 heavy (non-hydrogen) atoms. The van der Waals surface area contributed by atoms with Gasteiger partial charge in [0.25, 0.3) is 5.91 Å². The van der Waals surface area contributed by atoms with E-state index in [0.29, 0.717) is 11.3 Å². The third-order valence-electron chi connectivity index (χ3n) is 3.39. The van der Waals surface area contributed by atoms with Crippen molar-refractivity contribution in [2.24, 2.45) is 0 Å². The van der Waals surface area contributed by atoms with E-state index in [9.17, 15) is 9.59 Å². The second kappa shape index (κ2) is 7.31. The maximum absolute atomic E-state index is 12.6. The molecule has 1 amide bonds. The number of pyridine rings is 1. The molecule has 0 saturated heterocycles. The van der Waals surface area contributed by atoms with Crippen LogP contribution in [0.2, 0.25) is 0 Å². The number of hydrogen-bond acceptors (Lipinski definition) is 6. The van der Waals surface area contributed by atoms with Gasteiger partial charge in [-0.1, -0.05) is 30.3 Å². The summed E-state index contributed by atoms with van der Waals surface area (Å²) >= 11 is 0. The van der Waals surface area contributed by atoms with Crippen LogP contribution in [0.15, 0.2) is 61.1 Å². The summed E-state index contributed by atoms with van der Waals surface area (Å²) < 4.78 is 4.55. The van der Waals surface area contributed by atoms with Crippen molar-refractivity contribution in [1.29, 1.82) is 0 Å². The maximum atomic E-state index is 12.6. The average Bonchev–Trinajstić information content (AvgIpc) is 2.68. The van der Waals surface area contributed by atoms with E-state index < -0.39 is 5.97 Å². The molecule has 0 spiro atoms. The van der Waals surface area contributed by atoms with Gasteiger partial charge in [-0.05, 0) is 12.1 Å². The van der Waals surface area contributed by atoms with Crippen molar-refractivity contribution in [3.8, 4) is 11.3 Å². The number of methoxy groups -OCH3 is 1. The maximum Gasteiger partial charge on any atom is 0.358 e. The molecule has 0 fully saturated rings. The molecule has 0 atom stereocenters. The van der Waals surface area contributed by atoms with E-state index in [1.54, 1.807) is 18.3 Å². The number of nitrogens with zero attached hydrogens (tertiary/aromatic N) is 3. The molecule has 0 aliphatic heterocycles. The van der Waals surface area contributed by atoms with E-state index in [2.05, 4.69) is 25.0 Å². The molecule has 1 aromatic carbocycles. The summed E-state index contributed by atoms with van der Waals surface area (Å²) in [5, 5.41) is 2.65. The Bertz CT molecular complexity index is 896. The third kappa shape index (κ3) is 3.66. The van der Waals surface area contributed by atoms with Gasteiger partial charge in [0.05, 0.1) is 30.8 Å². The molecule has 3 aromatic rings. The number of aromatic nitrogens is 3. The topological polar surface area (TPSA) is 94.1 Å². The average molecular weight is 334 g/mol. The predicted molar refractivity (Wildman–Crippen MR) is 91.0 cm³/mol. The number of benzene rings is 1. The zero-order valence-corrected chi connectivity index (χ0v) is 13.3. The lowest BCUT2D eigenvalue weighted by Gasteiger charge is -2.09. The van der Waals surface area contributed by atoms with Gasteiger partial charge in [0, 0.05) is 11.8 Å². The highest BCUT2D eigenvalue weighted by molar-refractivity contribution is 6.07. The number of nitrogens with one attached hydrogen (secondary N) is 1. The Morgan fingerprint density at radius 2 is 1.76 bits per heavy atom. The van der Waals surface area contributed by atoms with Gasteiger partial charge in [0.1, 0.15) is 0 Å². The first-order valence-electron chi connectivity index (χ1n) is 7.41. The van der Waals surface area contributed by atoms with Gasteiger partial charge in [0.2, 0.25) is 0 Å². The number of rotatable bonds is 4. The zero-order chi connectivity index (χ0) is 17.6. The molecule has 3 rings (SSSR count). The molecule has 0 saturated carbocycles. The second-order valence-electron chi connectivity index (χ2n) is 5.00. The lowest BCUT2D eigenvalue weighted by Crippen LogP contribution is -2.15. The van der Waals surface area contributed by atoms with Crippen molar-refractivity contribution in [2.45, 2.75) is 0 Å². The van der Waals surface area contributed by atoms with Crippen LogP contribution in [0.25, 0.3) is 11.3 Å². The molecule has 7 nitrogen and oxygen atoms in total. The van der Waals surface area contributed by atoms with E-state index in [4.69, 9.17) is 0 Å². The highest BCUT2D eigenvalue weighted by atomic mass is 16.5. The Kier molecular flexibility index (Phi) is 4.75. The summed E-state index contributed by atoms with van der Waals surface area (Å²) in [5.74, 6) is -0.739. The Balaban J connectivity index is 1.84. The first-order chi connectivity index (χ1) is 12.2. The van der Waals surface area contributed by atoms with Crippen molar-refractivity contribution in [3.63, 3.8) is 0 Å². The number of carbonyl (C=O) groups excluding carboxylic acids is 2. The summed E-state index contributed by atoms with van der Waals surface area (Å²) in [4.78, 5) is 36.1. The van der Waals surface area contributed by atoms with Crippen molar-refractivity contribution >= 4 is 17.7 Å². The van der Waals surface area contributed by atoms with Crippen LogP contribution in [0.1, 0.15) is 20.8 Å². The van der Waals surface area contributed by atoms with E-state index in [0.717, 1.165) is 5.56 Å². The fourth-order valence-corrected chi connectivity index (χ4v) is 2.20. The summed E-state index contributed by atoms with van der Waals surface area (Å²) in [6.45, 7) is 0. The molecule has 0 bridgehead atoms. The van der Waals surface area contributed by atoms with Gasteiger partial charge in [-0.2, -0.15) is 0 Å². The van der Waals surface area contributed by atoms with Crippen molar-refractivity contribution < 1.29 is 14.3 Å². The normalized spacial score (nSPS) is 10.1. The van der Waals surface area contributed by atoms with Crippen molar-refractivity contribution in [1.82, 2.24) is 15.0 Å². The van der Waals surface area contributed by atoms with Crippen LogP contribution >= 0.6 is 0 Å². The van der Waals surface area contributed by atoms with Gasteiger partial charge in [-0.3, -0.25) is 9.78 Å². The number of hydrogen-bond donors (Lipinski definition) is 1. The van der Waals surface area contributed by atoms with E-state index in [1.165, 1.54) is 19.5 Å². The largest absolute Gasteiger partial charge is 0.464 e. The van der Waals surface area contributed by atoms with Crippen LogP contribution < -0.4 is 5.32 Å². The van der Waals surface area contributed by atoms with Gasteiger partial charge in [0.15, 0.2) is 11.5 Å². The van der Waals surface area contributed by atoms with Crippen molar-refractivity contribution in [3.05, 3.63) is 72.3 Å². The van der Waals surface area contributed by atoms with Crippen LogP contribution in [0, 0.1) is 0 Å². The minimum atomic E-state index is -0.594. The minimum Gasteiger partial charge on any atom is -0.464 e. The first kappa shape index (κ1) is 16.3. The Labute approximate surface area is 143 Å². The summed E-state index contributed by atoms with van der Waals surface area (Å²) in [6.07, 6.45) is 4.16. The monoisotopic (exact) mass is 334 g/mol. The quantitative estimate of drug-likeness (QED) is 0.737. The predicted octanol–water partition coefficient (Wildman–Crippen LogP) is 2.58. The van der Waals surface area contributed by atoms with E-state index in [-0.39, 0.29) is 17.4 Å². The summed E-state index contributed by atoms with van der Waals surface area (Å²) in [5.41, 5.74) is 1.87. The van der Waals surface area contributed by atoms with E-state index in [1.807, 2.05) is 30.3 Å². The molecule has 124 valence electrons. The number of amides is 1. The summed E-state index contributed by atoms with van der Waals surface area (Å²) in [6, 6.07) is 12.8. The Hall–Kier alpha value is -3.61. The number of ether oxygens (including phenoxy) is 1. The van der Waals surface area contributed by atoms with Crippen LogP contribution in [0.5, 0.6) is 0 Å². The molecular formula is C18H14N4O3. The number of carbonyl (C=O) groups is 2. The lowest BCUT2D eigenvalue weighted by atomic mass is 10.1. The highest BCUT2D eigenvalue weighted by Crippen LogP contribution is 2.21. The molecule has 2 aromatic heterocycles. The molecule has 1 N–H and O–H groups in total. The van der Waals surface area contributed by atoms with Crippen LogP contribution in [-0.2, 0) is 4.74 Å². The molecule has 0 aliphatic carbocycles. The number of esters is 1. The Morgan fingerprint density at radius 3 is 2.44 bits per heavy atom. The fourth-order valence-electron chi connectivity index (χ4n) is 2.20. The first-order valence-corrected chi connectivity index (χ1v) is 7.41. The van der Waals surface area contributed by atoms with Gasteiger partial charge in [-0.25, -0.2) is 14.8 Å². The SMILES string of the molecule is COC(=O)c1cnc(NC(=O)c2cccnc2-c2ccccc2)cn1. The molecular weight excluding hydrogens is 320 g/mol. The zero-order valence-electron chi connectivity index (χ0n) is 13.3. The minimum absolute atomic E-state index is 0.0619. The van der Waals surface area contributed by atoms with Crippen LogP contribution in [-0.4, -0.2) is 33.9 Å². The lowest BCUT2D eigenvalue weighted by molar-refractivity contribution is 0.0593. The molecule has 0 aliphatic rings. The third-order valence-corrected chi connectivity index (χ3v) is 3.39. The molecule has 0 unspecified atom stereocenters. The van der Waals surface area contributed by atoms with E-state index >= 15 is 0 Å². The van der Waals surface area contributed by atoms with Gasteiger partial charge >= 0.3 is 5.97 Å². The fraction of sp³-hybridized carbons (Fsp3) is 0.0556. The van der Waals surface area contributed by atoms with Gasteiger partial charge in [-0.15, -0.1) is 0 Å². The standard InChI is InChI=1S/C18H14N4O3/c1-25-18(24)14-10-21-15(11-20-14)22-17(23)13-8-5-9-19-16(13)12-6-3-2-4-7-12/h2-11H,1H3,(H,21,22,23). The molecule has 0 radical (unpaired) electrons. The second-order valence-corrected chi connectivity index (χ2v) is 5.00. The summed E-state index contributed by atoms with van der Waals surface area (Å²) in [7, 11) is 1.26. The molecule has 7 heteroatoms. The van der Waals surface area contributed by atoms with Crippen LogP contribution in [0.4, 0.5) is 5.82 Å². The van der Waals surface area contributed by atoms with Crippen molar-refractivity contribution in [2.75, 3.05) is 12.4 Å². The smallest absolute Gasteiger partial charge is 0.358 e. The molecule has 2 heterocycles. The van der Waals surface area contributed by atoms with Crippen LogP contribution in [0.3, 0.4) is 0 Å². The highest BCUT2D eigenvalue weighted by Gasteiger charge is 2.15. The number of anilines is 1. The Morgan fingerprint density at radius 1 is 0.960 bits per heavy atom.